The molecule has 0 spiro atoms. The third-order valence-corrected chi connectivity index (χ3v) is 8.42. The second kappa shape index (κ2) is 6.03. The number of ketones is 2. The number of allylic oxidation sites excluding steroid dienone is 4. The lowest BCUT2D eigenvalue weighted by molar-refractivity contribution is -0.226. The normalized spacial score (nSPS) is 53.7. The first-order chi connectivity index (χ1) is 13.4. The van der Waals surface area contributed by atoms with Gasteiger partial charge in [-0.3, -0.25) is 9.59 Å². The molecule has 3 fully saturated rings. The molecule has 0 bridgehead atoms. The predicted molar refractivity (Wildman–Crippen MR) is 97.1 cm³/mol. The summed E-state index contributed by atoms with van der Waals surface area (Å²) in [7, 11) is 0. The summed E-state index contributed by atoms with van der Waals surface area (Å²) in [5.74, 6) is -3.37. The molecule has 0 radical (unpaired) electrons. The van der Waals surface area contributed by atoms with E-state index in [2.05, 4.69) is 0 Å². The molecule has 3 saturated carbocycles. The van der Waals surface area contributed by atoms with Crippen LogP contribution >= 0.6 is 0 Å². The largest absolute Gasteiger partial charge is 0.390 e. The predicted octanol–water partition coefficient (Wildman–Crippen LogP) is 0.568. The van der Waals surface area contributed by atoms with Gasteiger partial charge in [0.05, 0.1) is 12.2 Å². The summed E-state index contributed by atoms with van der Waals surface area (Å²) < 4.78 is 32.0. The molecule has 4 rings (SSSR count). The lowest BCUT2D eigenvalue weighted by atomic mass is 9.44. The maximum atomic E-state index is 16.8. The van der Waals surface area contributed by atoms with E-state index in [-0.39, 0.29) is 24.8 Å². The average molecular weight is 412 g/mol. The molecule has 4 aliphatic carbocycles. The van der Waals surface area contributed by atoms with Crippen LogP contribution in [0.25, 0.3) is 0 Å². The van der Waals surface area contributed by atoms with Crippen LogP contribution in [0.2, 0.25) is 0 Å². The zero-order chi connectivity index (χ0) is 21.6. The minimum absolute atomic E-state index is 0.0216. The van der Waals surface area contributed by atoms with E-state index in [4.69, 9.17) is 0 Å². The molecule has 160 valence electrons. The van der Waals surface area contributed by atoms with Crippen molar-refractivity contribution in [2.75, 3.05) is 6.61 Å². The third kappa shape index (κ3) is 2.18. The first-order valence-electron chi connectivity index (χ1n) is 9.88. The monoisotopic (exact) mass is 412 g/mol. The van der Waals surface area contributed by atoms with Gasteiger partial charge in [0.2, 0.25) is 0 Å². The first-order valence-corrected chi connectivity index (χ1v) is 9.88. The minimum atomic E-state index is -2.37. The Labute approximate surface area is 166 Å². The van der Waals surface area contributed by atoms with E-state index in [1.54, 1.807) is 0 Å². The van der Waals surface area contributed by atoms with Crippen molar-refractivity contribution in [2.45, 2.75) is 62.8 Å². The zero-order valence-corrected chi connectivity index (χ0v) is 16.3. The van der Waals surface area contributed by atoms with Crippen molar-refractivity contribution in [3.8, 4) is 0 Å². The number of carbonyl (C=O) groups is 2. The van der Waals surface area contributed by atoms with Gasteiger partial charge in [-0.15, -0.1) is 0 Å². The van der Waals surface area contributed by atoms with Crippen LogP contribution in [0.5, 0.6) is 0 Å². The van der Waals surface area contributed by atoms with Gasteiger partial charge >= 0.3 is 0 Å². The molecule has 0 amide bonds. The Hall–Kier alpha value is -1.48. The standard InChI is InChI=1S/C21H26F2O6/c1-18-4-3-10(25)5-13(18)14(22)6-12-11-7-15(26)21(29,17(28)9-24)19(11,2)8-16(27)20(12,18)23/h3-5,11-12,14-16,24,26-27,29H,6-9H2,1-2H3/t11-,12-,14-,15?,16-,18-,19-,20-,21?/m0/s1. The lowest BCUT2D eigenvalue weighted by Crippen LogP contribution is -2.70. The van der Waals surface area contributed by atoms with Crippen LogP contribution in [0, 0.1) is 22.7 Å². The van der Waals surface area contributed by atoms with E-state index < -0.39 is 70.5 Å². The average Bonchev–Trinajstić information content (AvgIpc) is 2.86. The SMILES string of the molecule is C[C@]12C[C@H](O)[C@@]3(F)[C@@H](C[C@H](F)C4=CC(=O)C=C[C@@]43C)[C@@H]1CC(O)C2(O)C(=O)CO. The number of Topliss-reactive ketones (excluding diaryl/α,β-unsaturated/α-hetero) is 1. The molecule has 4 N–H and O–H groups in total. The van der Waals surface area contributed by atoms with Crippen LogP contribution in [0.4, 0.5) is 8.78 Å². The summed E-state index contributed by atoms with van der Waals surface area (Å²) in [4.78, 5) is 24.2. The van der Waals surface area contributed by atoms with Gasteiger partial charge in [0, 0.05) is 16.7 Å². The molecule has 29 heavy (non-hydrogen) atoms. The Kier molecular flexibility index (Phi) is 4.32. The fourth-order valence-corrected chi connectivity index (χ4v) is 6.84. The van der Waals surface area contributed by atoms with E-state index in [0.717, 1.165) is 12.2 Å². The Morgan fingerprint density at radius 3 is 2.48 bits per heavy atom. The van der Waals surface area contributed by atoms with Gasteiger partial charge in [0.15, 0.2) is 22.8 Å². The highest BCUT2D eigenvalue weighted by Crippen LogP contribution is 2.69. The number of hydrogen-bond acceptors (Lipinski definition) is 6. The molecule has 0 aliphatic heterocycles. The smallest absolute Gasteiger partial charge is 0.192 e. The molecule has 2 unspecified atom stereocenters. The van der Waals surface area contributed by atoms with Gasteiger partial charge in [-0.2, -0.15) is 0 Å². The van der Waals surface area contributed by atoms with Gasteiger partial charge in [0.25, 0.3) is 0 Å². The van der Waals surface area contributed by atoms with Gasteiger partial charge in [-0.05, 0) is 49.8 Å². The van der Waals surface area contributed by atoms with Crippen molar-refractivity contribution >= 4 is 11.6 Å². The number of hydrogen-bond donors (Lipinski definition) is 4. The van der Waals surface area contributed by atoms with Crippen LogP contribution < -0.4 is 0 Å². The van der Waals surface area contributed by atoms with E-state index in [0.29, 0.717) is 0 Å². The number of aliphatic hydroxyl groups is 4. The van der Waals surface area contributed by atoms with Crippen LogP contribution in [0.1, 0.15) is 33.1 Å². The Morgan fingerprint density at radius 2 is 1.86 bits per heavy atom. The number of fused-ring (bicyclic) bond motifs is 5. The second-order valence-corrected chi connectivity index (χ2v) is 9.46. The summed E-state index contributed by atoms with van der Waals surface area (Å²) in [6.07, 6.45) is -2.21. The molecular weight excluding hydrogens is 386 g/mol. The minimum Gasteiger partial charge on any atom is -0.390 e. The maximum Gasteiger partial charge on any atom is 0.192 e. The highest BCUT2D eigenvalue weighted by Gasteiger charge is 2.77. The van der Waals surface area contributed by atoms with Crippen molar-refractivity contribution in [3.05, 3.63) is 23.8 Å². The van der Waals surface area contributed by atoms with Gasteiger partial charge in [0.1, 0.15) is 12.8 Å². The van der Waals surface area contributed by atoms with Crippen LogP contribution in [-0.4, -0.2) is 68.2 Å². The highest BCUT2D eigenvalue weighted by molar-refractivity contribution is 6.01. The molecule has 0 aromatic heterocycles. The number of rotatable bonds is 2. The van der Waals surface area contributed by atoms with Crippen molar-refractivity contribution < 1.29 is 38.8 Å². The Morgan fingerprint density at radius 1 is 1.21 bits per heavy atom. The molecule has 0 heterocycles. The molecule has 0 saturated heterocycles. The first kappa shape index (κ1) is 20.8. The number of alkyl halides is 2. The molecule has 8 heteroatoms. The van der Waals surface area contributed by atoms with Gasteiger partial charge < -0.3 is 20.4 Å². The number of carbonyl (C=O) groups excluding carboxylic acids is 2. The fraction of sp³-hybridized carbons (Fsp3) is 0.714. The van der Waals surface area contributed by atoms with Crippen LogP contribution in [-0.2, 0) is 9.59 Å². The summed E-state index contributed by atoms with van der Waals surface area (Å²) >= 11 is 0. The Balaban J connectivity index is 1.87. The molecular formula is C21H26F2O6. The van der Waals surface area contributed by atoms with Gasteiger partial charge in [-0.25, -0.2) is 8.78 Å². The van der Waals surface area contributed by atoms with Crippen LogP contribution in [0.3, 0.4) is 0 Å². The molecule has 4 aliphatic rings. The second-order valence-electron chi connectivity index (χ2n) is 9.46. The summed E-state index contributed by atoms with van der Waals surface area (Å²) in [6.45, 7) is 1.91. The maximum absolute atomic E-state index is 16.8. The summed E-state index contributed by atoms with van der Waals surface area (Å²) in [5, 5.41) is 42.0. The highest BCUT2D eigenvalue weighted by atomic mass is 19.1. The van der Waals surface area contributed by atoms with E-state index in [9.17, 15) is 30.0 Å². The van der Waals surface area contributed by atoms with E-state index in [1.165, 1.54) is 19.9 Å². The van der Waals surface area contributed by atoms with Gasteiger partial charge in [-0.1, -0.05) is 13.0 Å². The lowest BCUT2D eigenvalue weighted by Gasteiger charge is -2.62. The van der Waals surface area contributed by atoms with Crippen molar-refractivity contribution in [3.63, 3.8) is 0 Å². The molecule has 0 aromatic rings. The zero-order valence-electron chi connectivity index (χ0n) is 16.3. The third-order valence-electron chi connectivity index (χ3n) is 8.42. The van der Waals surface area contributed by atoms with E-state index in [1.807, 2.05) is 0 Å². The van der Waals surface area contributed by atoms with Crippen molar-refractivity contribution in [2.24, 2.45) is 22.7 Å². The molecule has 0 aromatic carbocycles. The molecule has 9 atom stereocenters. The van der Waals surface area contributed by atoms with Crippen molar-refractivity contribution in [1.82, 2.24) is 0 Å². The number of aliphatic hydroxyl groups excluding tert-OH is 3. The quantitative estimate of drug-likeness (QED) is 0.527. The molecule has 6 nitrogen and oxygen atoms in total. The Bertz CT molecular complexity index is 841. The summed E-state index contributed by atoms with van der Waals surface area (Å²) in [5.41, 5.74) is -7.76. The fourth-order valence-electron chi connectivity index (χ4n) is 6.84. The van der Waals surface area contributed by atoms with Crippen LogP contribution in [0.15, 0.2) is 23.8 Å². The van der Waals surface area contributed by atoms with Crippen molar-refractivity contribution in [1.29, 1.82) is 0 Å². The van der Waals surface area contributed by atoms with E-state index >= 15 is 8.78 Å². The number of halogens is 2. The summed E-state index contributed by atoms with van der Waals surface area (Å²) in [6, 6.07) is 0. The topological polar surface area (TPSA) is 115 Å².